The van der Waals surface area contributed by atoms with Crippen LogP contribution in [0.1, 0.15) is 18.9 Å². The molecule has 4 heteroatoms. The summed E-state index contributed by atoms with van der Waals surface area (Å²) in [7, 11) is 0. The van der Waals surface area contributed by atoms with Gasteiger partial charge in [0.1, 0.15) is 11.9 Å². The molecule has 3 nitrogen and oxygen atoms in total. The van der Waals surface area contributed by atoms with E-state index in [0.29, 0.717) is 12.6 Å². The molecule has 1 aliphatic heterocycles. The highest BCUT2D eigenvalue weighted by Gasteiger charge is 2.26. The van der Waals surface area contributed by atoms with Gasteiger partial charge in [0.15, 0.2) is 0 Å². The Morgan fingerprint density at radius 1 is 1.50 bits per heavy atom. The van der Waals surface area contributed by atoms with Crippen molar-refractivity contribution in [1.29, 1.82) is 0 Å². The van der Waals surface area contributed by atoms with Crippen molar-refractivity contribution in [3.63, 3.8) is 0 Å². The van der Waals surface area contributed by atoms with E-state index < -0.39 is 0 Å². The second kappa shape index (κ2) is 6.41. The summed E-state index contributed by atoms with van der Waals surface area (Å²) >= 11 is 6.01. The first-order valence-electron chi connectivity index (χ1n) is 6.44. The van der Waals surface area contributed by atoms with E-state index in [0.717, 1.165) is 35.9 Å². The third kappa shape index (κ3) is 3.37. The maximum absolute atomic E-state index is 6.01. The second-order valence-electron chi connectivity index (χ2n) is 4.60. The number of halogens is 1. The summed E-state index contributed by atoms with van der Waals surface area (Å²) < 4.78 is 11.5. The Morgan fingerprint density at radius 2 is 2.33 bits per heavy atom. The topological polar surface area (TPSA) is 30.5 Å². The van der Waals surface area contributed by atoms with Crippen LogP contribution in [0, 0.1) is 6.92 Å². The molecule has 18 heavy (non-hydrogen) atoms. The summed E-state index contributed by atoms with van der Waals surface area (Å²) in [6.07, 6.45) is 1.06. The third-order valence-corrected chi connectivity index (χ3v) is 3.61. The lowest BCUT2D eigenvalue weighted by Gasteiger charge is -2.32. The third-order valence-electron chi connectivity index (χ3n) is 3.19. The monoisotopic (exact) mass is 269 g/mol. The van der Waals surface area contributed by atoms with Gasteiger partial charge in [0.2, 0.25) is 0 Å². The van der Waals surface area contributed by atoms with E-state index >= 15 is 0 Å². The van der Waals surface area contributed by atoms with Crippen LogP contribution in [0.3, 0.4) is 0 Å². The lowest BCUT2D eigenvalue weighted by atomic mass is 10.1. The number of hydrogen-bond donors (Lipinski definition) is 1. The van der Waals surface area contributed by atoms with E-state index in [1.165, 1.54) is 0 Å². The van der Waals surface area contributed by atoms with Crippen LogP contribution in [0.2, 0.25) is 5.02 Å². The molecule has 0 aliphatic carbocycles. The number of benzene rings is 1. The maximum atomic E-state index is 6.01. The normalized spacial score (nSPS) is 23.9. The Morgan fingerprint density at radius 3 is 3.06 bits per heavy atom. The zero-order valence-corrected chi connectivity index (χ0v) is 11.7. The number of rotatable bonds is 4. The van der Waals surface area contributed by atoms with Gasteiger partial charge in [-0.3, -0.25) is 0 Å². The van der Waals surface area contributed by atoms with Gasteiger partial charge < -0.3 is 14.8 Å². The highest BCUT2D eigenvalue weighted by Crippen LogP contribution is 2.23. The van der Waals surface area contributed by atoms with Gasteiger partial charge >= 0.3 is 0 Å². The van der Waals surface area contributed by atoms with Crippen LogP contribution in [-0.4, -0.2) is 31.9 Å². The maximum Gasteiger partial charge on any atom is 0.137 e. The fraction of sp³-hybridized carbons (Fsp3) is 0.571. The van der Waals surface area contributed by atoms with Crippen LogP contribution in [0.4, 0.5) is 0 Å². The van der Waals surface area contributed by atoms with Gasteiger partial charge in [0, 0.05) is 17.7 Å². The van der Waals surface area contributed by atoms with Crippen molar-refractivity contribution in [3.8, 4) is 5.75 Å². The molecule has 1 aromatic carbocycles. The van der Waals surface area contributed by atoms with Gasteiger partial charge in [-0.25, -0.2) is 0 Å². The molecule has 0 aromatic heterocycles. The number of hydrogen-bond acceptors (Lipinski definition) is 3. The largest absolute Gasteiger partial charge is 0.486 e. The summed E-state index contributed by atoms with van der Waals surface area (Å²) in [5.74, 6) is 0.857. The molecule has 0 spiro atoms. The van der Waals surface area contributed by atoms with Crippen molar-refractivity contribution < 1.29 is 9.47 Å². The van der Waals surface area contributed by atoms with E-state index in [2.05, 4.69) is 12.2 Å². The lowest BCUT2D eigenvalue weighted by Crippen LogP contribution is -2.49. The Bertz CT molecular complexity index is 395. The molecule has 2 rings (SSSR count). The highest BCUT2D eigenvalue weighted by molar-refractivity contribution is 6.31. The molecule has 1 N–H and O–H groups in total. The molecule has 1 heterocycles. The standard InChI is InChI=1S/C14H20ClNO2/c1-3-16-13-6-7-17-9-14(13)18-11-4-5-12(15)10(2)8-11/h4-5,8,13-14,16H,3,6-7,9H2,1-2H3. The van der Waals surface area contributed by atoms with E-state index in [-0.39, 0.29) is 6.10 Å². The molecule has 0 radical (unpaired) electrons. The SMILES string of the molecule is CCNC1CCOCC1Oc1ccc(Cl)c(C)c1. The molecule has 1 aromatic rings. The summed E-state index contributed by atoms with van der Waals surface area (Å²) in [5, 5.41) is 4.22. The van der Waals surface area contributed by atoms with E-state index in [1.807, 2.05) is 25.1 Å². The summed E-state index contributed by atoms with van der Waals surface area (Å²) in [4.78, 5) is 0. The van der Waals surface area contributed by atoms with Crippen molar-refractivity contribution in [2.75, 3.05) is 19.8 Å². The summed E-state index contributed by atoms with van der Waals surface area (Å²) in [6, 6.07) is 6.12. The van der Waals surface area contributed by atoms with Crippen LogP contribution in [0.25, 0.3) is 0 Å². The quantitative estimate of drug-likeness (QED) is 0.912. The molecule has 100 valence electrons. The van der Waals surface area contributed by atoms with Gasteiger partial charge in [0.25, 0.3) is 0 Å². The van der Waals surface area contributed by atoms with Crippen molar-refractivity contribution in [2.24, 2.45) is 0 Å². The Balaban J connectivity index is 2.03. The fourth-order valence-electron chi connectivity index (χ4n) is 2.19. The molecular formula is C14H20ClNO2. The van der Waals surface area contributed by atoms with Crippen molar-refractivity contribution in [2.45, 2.75) is 32.4 Å². The molecule has 0 bridgehead atoms. The predicted molar refractivity (Wildman–Crippen MR) is 73.5 cm³/mol. The first-order valence-corrected chi connectivity index (χ1v) is 6.82. The smallest absolute Gasteiger partial charge is 0.137 e. The Labute approximate surface area is 113 Å². The molecule has 1 saturated heterocycles. The molecule has 0 amide bonds. The first kappa shape index (κ1) is 13.7. The summed E-state index contributed by atoms with van der Waals surface area (Å²) in [6.45, 7) is 6.48. The van der Waals surface area contributed by atoms with Crippen LogP contribution >= 0.6 is 11.6 Å². The summed E-state index contributed by atoms with van der Waals surface area (Å²) in [5.41, 5.74) is 1.03. The number of nitrogens with one attached hydrogen (secondary N) is 1. The molecule has 1 fully saturated rings. The zero-order chi connectivity index (χ0) is 13.0. The van der Waals surface area contributed by atoms with E-state index in [4.69, 9.17) is 21.1 Å². The van der Waals surface area contributed by atoms with E-state index in [1.54, 1.807) is 0 Å². The average Bonchev–Trinajstić information content (AvgIpc) is 2.37. The van der Waals surface area contributed by atoms with Crippen molar-refractivity contribution in [1.82, 2.24) is 5.32 Å². The van der Waals surface area contributed by atoms with Crippen LogP contribution < -0.4 is 10.1 Å². The van der Waals surface area contributed by atoms with Crippen LogP contribution in [-0.2, 0) is 4.74 Å². The van der Waals surface area contributed by atoms with Gasteiger partial charge in [-0.2, -0.15) is 0 Å². The Hall–Kier alpha value is -0.770. The second-order valence-corrected chi connectivity index (χ2v) is 5.00. The van der Waals surface area contributed by atoms with Crippen molar-refractivity contribution >= 4 is 11.6 Å². The molecular weight excluding hydrogens is 250 g/mol. The average molecular weight is 270 g/mol. The minimum absolute atomic E-state index is 0.0688. The van der Waals surface area contributed by atoms with Gasteiger partial charge in [-0.15, -0.1) is 0 Å². The molecule has 2 unspecified atom stereocenters. The Kier molecular flexibility index (Phi) is 4.87. The minimum atomic E-state index is 0.0688. The van der Waals surface area contributed by atoms with Gasteiger partial charge in [-0.1, -0.05) is 18.5 Å². The van der Waals surface area contributed by atoms with Gasteiger partial charge in [0.05, 0.1) is 6.61 Å². The van der Waals surface area contributed by atoms with Crippen molar-refractivity contribution in [3.05, 3.63) is 28.8 Å². The van der Waals surface area contributed by atoms with E-state index in [9.17, 15) is 0 Å². The highest BCUT2D eigenvalue weighted by atomic mass is 35.5. The zero-order valence-electron chi connectivity index (χ0n) is 10.9. The molecule has 0 saturated carbocycles. The number of likely N-dealkylation sites (N-methyl/N-ethyl adjacent to an activating group) is 1. The van der Waals surface area contributed by atoms with Gasteiger partial charge in [-0.05, 0) is 43.7 Å². The molecule has 2 atom stereocenters. The van der Waals surface area contributed by atoms with Crippen LogP contribution in [0.15, 0.2) is 18.2 Å². The number of ether oxygens (including phenoxy) is 2. The van der Waals surface area contributed by atoms with Crippen LogP contribution in [0.5, 0.6) is 5.75 Å². The first-order chi connectivity index (χ1) is 8.70. The fourth-order valence-corrected chi connectivity index (χ4v) is 2.31. The predicted octanol–water partition coefficient (Wildman–Crippen LogP) is 2.79. The number of aryl methyl sites for hydroxylation is 1. The minimum Gasteiger partial charge on any atom is -0.486 e. The lowest BCUT2D eigenvalue weighted by molar-refractivity contribution is -0.0143. The molecule has 1 aliphatic rings.